The van der Waals surface area contributed by atoms with Gasteiger partial charge in [-0.1, -0.05) is 31.4 Å². The van der Waals surface area contributed by atoms with E-state index in [0.717, 1.165) is 12.1 Å². The van der Waals surface area contributed by atoms with Crippen molar-refractivity contribution in [2.75, 3.05) is 13.6 Å². The van der Waals surface area contributed by atoms with Crippen LogP contribution in [0.15, 0.2) is 92.0 Å². The summed E-state index contributed by atoms with van der Waals surface area (Å²) < 4.78 is 68.9. The Morgan fingerprint density at radius 2 is 1.38 bits per heavy atom. The average Bonchev–Trinajstić information content (AvgIpc) is 3.05. The number of halogens is 3. The highest BCUT2D eigenvalue weighted by atomic mass is 19.4. The van der Waals surface area contributed by atoms with Gasteiger partial charge >= 0.3 is 18.1 Å². The van der Waals surface area contributed by atoms with E-state index in [1.165, 1.54) is 42.5 Å². The molecule has 1 aliphatic carbocycles. The van der Waals surface area contributed by atoms with Crippen LogP contribution < -0.4 is 14.2 Å². The SMILES string of the molecule is C=CC(=O)OCOC1CCC(C(=O)Oc2ccc(-c3ccc(OCOc4ccc(C(=O)C=C)cc4)cc3)c(C(F)(F)F)c2)CC1. The maximum absolute atomic E-state index is 14.1. The largest absolute Gasteiger partial charge is 0.458 e. The third kappa shape index (κ3) is 9.29. The lowest BCUT2D eigenvalue weighted by atomic mass is 9.87. The minimum absolute atomic E-state index is 0.0888. The lowest BCUT2D eigenvalue weighted by molar-refractivity contribution is -0.157. The van der Waals surface area contributed by atoms with Crippen LogP contribution in [0.25, 0.3) is 11.1 Å². The second-order valence-electron chi connectivity index (χ2n) is 10.1. The molecule has 0 saturated heterocycles. The molecule has 0 aliphatic heterocycles. The van der Waals surface area contributed by atoms with Crippen LogP contribution in [-0.2, 0) is 25.2 Å². The van der Waals surface area contributed by atoms with Gasteiger partial charge in [-0.25, -0.2) is 4.79 Å². The highest BCUT2D eigenvalue weighted by Crippen LogP contribution is 2.40. The molecule has 0 atom stereocenters. The van der Waals surface area contributed by atoms with Gasteiger partial charge in [0.1, 0.15) is 17.2 Å². The number of ether oxygens (including phenoxy) is 5. The Balaban J connectivity index is 1.33. The zero-order valence-corrected chi connectivity index (χ0v) is 24.2. The van der Waals surface area contributed by atoms with E-state index in [2.05, 4.69) is 13.2 Å². The molecule has 1 saturated carbocycles. The molecule has 11 heteroatoms. The summed E-state index contributed by atoms with van der Waals surface area (Å²) in [5.74, 6) is -1.29. The molecule has 1 aliphatic rings. The molecule has 45 heavy (non-hydrogen) atoms. The lowest BCUT2D eigenvalue weighted by Crippen LogP contribution is -2.29. The molecule has 0 N–H and O–H groups in total. The number of carbonyl (C=O) groups excluding carboxylic acids is 3. The van der Waals surface area contributed by atoms with Crippen LogP contribution in [0.4, 0.5) is 13.2 Å². The summed E-state index contributed by atoms with van der Waals surface area (Å²) in [5, 5.41) is 0. The number of rotatable bonds is 13. The number of benzene rings is 3. The van der Waals surface area contributed by atoms with E-state index in [0.29, 0.717) is 42.7 Å². The molecule has 0 bridgehead atoms. The molecule has 0 heterocycles. The van der Waals surface area contributed by atoms with Crippen LogP contribution in [0.5, 0.6) is 17.2 Å². The summed E-state index contributed by atoms with van der Waals surface area (Å²) in [4.78, 5) is 35.5. The molecule has 3 aromatic carbocycles. The van der Waals surface area contributed by atoms with Crippen LogP contribution in [0, 0.1) is 5.92 Å². The predicted molar refractivity (Wildman–Crippen MR) is 158 cm³/mol. The Hall–Kier alpha value is -4.90. The van der Waals surface area contributed by atoms with Gasteiger partial charge in [-0.05, 0) is 91.4 Å². The Bertz CT molecular complexity index is 1510. The van der Waals surface area contributed by atoms with Crippen molar-refractivity contribution in [3.8, 4) is 28.4 Å². The van der Waals surface area contributed by atoms with Gasteiger partial charge in [0, 0.05) is 11.6 Å². The fraction of sp³-hybridized carbons (Fsp3) is 0.265. The minimum Gasteiger partial charge on any atom is -0.458 e. The number of hydrogen-bond donors (Lipinski definition) is 0. The van der Waals surface area contributed by atoms with E-state index < -0.39 is 29.6 Å². The van der Waals surface area contributed by atoms with Gasteiger partial charge in [0.2, 0.25) is 6.79 Å². The number of allylic oxidation sites excluding steroid dienone is 1. The van der Waals surface area contributed by atoms with Crippen LogP contribution >= 0.6 is 0 Å². The van der Waals surface area contributed by atoms with Gasteiger partial charge in [-0.3, -0.25) is 9.59 Å². The lowest BCUT2D eigenvalue weighted by Gasteiger charge is -2.27. The first-order valence-electron chi connectivity index (χ1n) is 14.0. The van der Waals surface area contributed by atoms with Gasteiger partial charge < -0.3 is 23.7 Å². The maximum Gasteiger partial charge on any atom is 0.417 e. The topological polar surface area (TPSA) is 97.4 Å². The summed E-state index contributed by atoms with van der Waals surface area (Å²) in [6, 6.07) is 15.8. The number of carbonyl (C=O) groups is 3. The fourth-order valence-electron chi connectivity index (χ4n) is 4.71. The minimum atomic E-state index is -4.71. The highest BCUT2D eigenvalue weighted by molar-refractivity contribution is 6.04. The molecule has 4 rings (SSSR count). The van der Waals surface area contributed by atoms with Crippen molar-refractivity contribution < 1.29 is 51.2 Å². The number of hydrogen-bond acceptors (Lipinski definition) is 8. The Labute approximate surface area is 258 Å². The van der Waals surface area contributed by atoms with Crippen LogP contribution in [0.1, 0.15) is 41.6 Å². The smallest absolute Gasteiger partial charge is 0.417 e. The van der Waals surface area contributed by atoms with E-state index in [9.17, 15) is 27.6 Å². The van der Waals surface area contributed by atoms with Gasteiger partial charge in [-0.2, -0.15) is 13.2 Å². The normalized spacial score (nSPS) is 16.2. The zero-order chi connectivity index (χ0) is 32.4. The number of esters is 2. The van der Waals surface area contributed by atoms with Crippen molar-refractivity contribution in [1.29, 1.82) is 0 Å². The summed E-state index contributed by atoms with van der Waals surface area (Å²) in [6.45, 7) is 6.35. The molecule has 8 nitrogen and oxygen atoms in total. The Morgan fingerprint density at radius 1 is 0.778 bits per heavy atom. The molecular formula is C34H31F3O8. The fourth-order valence-corrected chi connectivity index (χ4v) is 4.71. The first-order valence-corrected chi connectivity index (χ1v) is 14.0. The third-order valence-electron chi connectivity index (χ3n) is 7.13. The quantitative estimate of drug-likeness (QED) is 0.0642. The molecule has 0 spiro atoms. The predicted octanol–water partition coefficient (Wildman–Crippen LogP) is 7.32. The highest BCUT2D eigenvalue weighted by Gasteiger charge is 2.35. The average molecular weight is 625 g/mol. The maximum atomic E-state index is 14.1. The molecule has 0 unspecified atom stereocenters. The van der Waals surface area contributed by atoms with Crippen molar-refractivity contribution >= 4 is 17.7 Å². The molecular weight excluding hydrogens is 593 g/mol. The second-order valence-corrected chi connectivity index (χ2v) is 10.1. The van der Waals surface area contributed by atoms with Gasteiger partial charge in [0.25, 0.3) is 0 Å². The Kier molecular flexibility index (Phi) is 11.2. The van der Waals surface area contributed by atoms with E-state index in [4.69, 9.17) is 23.7 Å². The number of ketones is 1. The first kappa shape index (κ1) is 33.0. The Morgan fingerprint density at radius 3 is 1.96 bits per heavy atom. The van der Waals surface area contributed by atoms with Gasteiger partial charge in [0.15, 0.2) is 12.6 Å². The summed E-state index contributed by atoms with van der Waals surface area (Å²) in [6.07, 6.45) is -0.820. The molecule has 236 valence electrons. The molecule has 0 radical (unpaired) electrons. The van der Waals surface area contributed by atoms with Crippen molar-refractivity contribution in [3.63, 3.8) is 0 Å². The molecule has 3 aromatic rings. The summed E-state index contributed by atoms with van der Waals surface area (Å²) in [7, 11) is 0. The molecule has 0 aromatic heterocycles. The molecule has 0 amide bonds. The van der Waals surface area contributed by atoms with Gasteiger partial charge in [0.05, 0.1) is 17.6 Å². The van der Waals surface area contributed by atoms with E-state index in [1.807, 2.05) is 0 Å². The van der Waals surface area contributed by atoms with Crippen molar-refractivity contribution in [3.05, 3.63) is 103 Å². The number of alkyl halides is 3. The molecule has 1 fully saturated rings. The van der Waals surface area contributed by atoms with Crippen molar-refractivity contribution in [1.82, 2.24) is 0 Å². The van der Waals surface area contributed by atoms with E-state index in [-0.39, 0.29) is 42.3 Å². The second kappa shape index (κ2) is 15.2. The first-order chi connectivity index (χ1) is 21.6. The summed E-state index contributed by atoms with van der Waals surface area (Å²) in [5.41, 5.74) is -0.286. The van der Waals surface area contributed by atoms with Crippen molar-refractivity contribution in [2.45, 2.75) is 38.0 Å². The van der Waals surface area contributed by atoms with Crippen LogP contribution in [-0.4, -0.2) is 37.4 Å². The summed E-state index contributed by atoms with van der Waals surface area (Å²) >= 11 is 0. The van der Waals surface area contributed by atoms with Crippen LogP contribution in [0.3, 0.4) is 0 Å². The van der Waals surface area contributed by atoms with Gasteiger partial charge in [-0.15, -0.1) is 0 Å². The monoisotopic (exact) mass is 624 g/mol. The zero-order valence-electron chi connectivity index (χ0n) is 24.2. The van der Waals surface area contributed by atoms with E-state index in [1.54, 1.807) is 24.3 Å². The van der Waals surface area contributed by atoms with E-state index >= 15 is 0 Å². The van der Waals surface area contributed by atoms with Crippen LogP contribution in [0.2, 0.25) is 0 Å². The standard InChI is InChI=1S/C34H31F3O8/c1-3-31(38)23-7-13-26(14-8-23)42-20-41-25-11-5-22(6-12-25)29-18-17-28(19-30(29)34(35,36)37)45-33(40)24-9-15-27(16-10-24)43-21-44-32(39)4-2/h3-8,11-14,17-19,24,27H,1-2,9-10,15-16,20-21H2. The third-order valence-corrected chi connectivity index (χ3v) is 7.13. The van der Waals surface area contributed by atoms with Crippen molar-refractivity contribution in [2.24, 2.45) is 5.92 Å².